The number of rotatable bonds is 2. The quantitative estimate of drug-likeness (QED) is 0.163. The molecule has 1 heterocycles. The van der Waals surface area contributed by atoms with Crippen molar-refractivity contribution in [3.63, 3.8) is 0 Å². The Labute approximate surface area is 374 Å². The Morgan fingerprint density at radius 3 is 1.11 bits per heavy atom. The Hall–Kier alpha value is -6.71. The third kappa shape index (κ3) is 4.96. The number of benzene rings is 10. The second kappa shape index (κ2) is 12.1. The maximum Gasteiger partial charge on any atom is 0.163 e. The van der Waals surface area contributed by atoms with Crippen molar-refractivity contribution in [1.29, 1.82) is 0 Å². The van der Waals surface area contributed by atoms with E-state index in [0.29, 0.717) is 11.6 Å². The summed E-state index contributed by atoms with van der Waals surface area (Å²) in [5.41, 5.74) is 15.2. The molecule has 0 radical (unpaired) electrons. The second-order valence-electron chi connectivity index (χ2n) is 22.2. The van der Waals surface area contributed by atoms with Crippen LogP contribution in [0.1, 0.15) is 103 Å². The highest BCUT2D eigenvalue weighted by molar-refractivity contribution is 6.28. The average molecular weight is 826 g/mol. The molecule has 3 nitrogen and oxygen atoms in total. The van der Waals surface area contributed by atoms with Crippen LogP contribution in [0.3, 0.4) is 0 Å². The van der Waals surface area contributed by atoms with Gasteiger partial charge in [-0.05, 0) is 155 Å². The second-order valence-corrected chi connectivity index (χ2v) is 22.2. The van der Waals surface area contributed by atoms with E-state index in [-0.39, 0.29) is 21.7 Å². The van der Waals surface area contributed by atoms with Gasteiger partial charge in [-0.3, -0.25) is 0 Å². The topological polar surface area (TPSA) is 38.7 Å². The van der Waals surface area contributed by atoms with Gasteiger partial charge in [0.1, 0.15) is 6.33 Å². The lowest BCUT2D eigenvalue weighted by molar-refractivity contribution is 0.591. The number of hydrogen-bond acceptors (Lipinski definition) is 3. The Kier molecular flexibility index (Phi) is 7.14. The van der Waals surface area contributed by atoms with Gasteiger partial charge >= 0.3 is 0 Å². The number of fused-ring (bicyclic) bond motifs is 8. The lowest BCUT2D eigenvalue weighted by Crippen LogP contribution is -2.15. The van der Waals surface area contributed by atoms with Crippen molar-refractivity contribution in [2.24, 2.45) is 0 Å². The molecule has 10 aromatic carbocycles. The summed E-state index contributed by atoms with van der Waals surface area (Å²) < 4.78 is 0. The standard InChI is InChI=1S/C61H51N3/c1-58(2,3)40-23-32-11-13-36-27-48-54(44-21-15-34(25-40)50(32)52(36)44)42-19-17-38(29-46(42)60(48,7)8)56-62-31-63-57(64-56)39-18-20-43-47(30-39)61(9,10)49-28-37-14-12-33-24-41(59(4,5)6)26-35-16-22-45(55(43)49)53(37)51(33)35/h11-31H,1-10H3. The molecule has 11 aromatic rings. The maximum absolute atomic E-state index is 5.20. The Morgan fingerprint density at radius 2 is 0.734 bits per heavy atom. The van der Waals surface area contributed by atoms with Crippen molar-refractivity contribution in [2.45, 2.75) is 90.9 Å². The molecule has 0 amide bonds. The van der Waals surface area contributed by atoms with E-state index >= 15 is 0 Å². The van der Waals surface area contributed by atoms with E-state index in [1.54, 1.807) is 6.33 Å². The molecule has 64 heavy (non-hydrogen) atoms. The summed E-state index contributed by atoms with van der Waals surface area (Å²) in [6.07, 6.45) is 1.68. The molecule has 0 aliphatic heterocycles. The first-order valence-electron chi connectivity index (χ1n) is 23.0. The minimum atomic E-state index is -0.205. The molecule has 3 heteroatoms. The van der Waals surface area contributed by atoms with Crippen molar-refractivity contribution in [3.8, 4) is 45.0 Å². The molecule has 310 valence electrons. The normalized spacial score (nSPS) is 15.3. The molecular weight excluding hydrogens is 775 g/mol. The number of nitrogens with zero attached hydrogens (tertiary/aromatic N) is 3. The molecule has 0 spiro atoms. The van der Waals surface area contributed by atoms with Crippen LogP contribution in [0.4, 0.5) is 0 Å². The number of hydrogen-bond donors (Lipinski definition) is 0. The molecule has 1 aromatic heterocycles. The largest absolute Gasteiger partial charge is 0.217 e. The van der Waals surface area contributed by atoms with Crippen LogP contribution in [0.15, 0.2) is 128 Å². The minimum absolute atomic E-state index is 0.0819. The Balaban J connectivity index is 0.901. The van der Waals surface area contributed by atoms with Crippen LogP contribution in [-0.4, -0.2) is 15.0 Å². The maximum atomic E-state index is 5.20. The van der Waals surface area contributed by atoms with Gasteiger partial charge in [0.15, 0.2) is 11.6 Å². The molecule has 0 atom stereocenters. The zero-order valence-electron chi connectivity index (χ0n) is 38.5. The van der Waals surface area contributed by atoms with Gasteiger partial charge in [-0.25, -0.2) is 15.0 Å². The van der Waals surface area contributed by atoms with Gasteiger partial charge in [-0.2, -0.15) is 0 Å². The summed E-state index contributed by atoms with van der Waals surface area (Å²) >= 11 is 0. The van der Waals surface area contributed by atoms with Crippen molar-refractivity contribution >= 4 is 64.6 Å². The molecule has 0 bridgehead atoms. The molecule has 0 saturated carbocycles. The van der Waals surface area contributed by atoms with Crippen molar-refractivity contribution in [3.05, 3.63) is 161 Å². The van der Waals surface area contributed by atoms with E-state index in [2.05, 4.69) is 191 Å². The van der Waals surface area contributed by atoms with E-state index < -0.39 is 0 Å². The molecule has 0 N–H and O–H groups in total. The van der Waals surface area contributed by atoms with Gasteiger partial charge < -0.3 is 0 Å². The smallest absolute Gasteiger partial charge is 0.163 e. The van der Waals surface area contributed by atoms with E-state index in [1.807, 2.05) is 0 Å². The summed E-state index contributed by atoms with van der Waals surface area (Å²) in [6.45, 7) is 23.3. The van der Waals surface area contributed by atoms with E-state index in [9.17, 15) is 0 Å². The third-order valence-electron chi connectivity index (χ3n) is 15.5. The summed E-state index contributed by atoms with van der Waals surface area (Å²) in [6, 6.07) is 47.0. The SMILES string of the molecule is CC(C)(C)c1cc2ccc3cc4c(c5ccc(c1)c2c35)-c1ccc(-c2ncnc(-c3ccc5c(c3)C(C)(C)c3cc6ccc7cc(C(C)(C)C)cc8ccc(c3-5)c6c78)n2)cc1C4(C)C. The van der Waals surface area contributed by atoms with Gasteiger partial charge in [0.05, 0.1) is 0 Å². The van der Waals surface area contributed by atoms with Crippen molar-refractivity contribution in [1.82, 2.24) is 15.0 Å². The van der Waals surface area contributed by atoms with Gasteiger partial charge in [-0.15, -0.1) is 0 Å². The van der Waals surface area contributed by atoms with Gasteiger partial charge in [-0.1, -0.05) is 166 Å². The summed E-state index contributed by atoms with van der Waals surface area (Å²) in [4.78, 5) is 14.8. The predicted octanol–water partition coefficient (Wildman–Crippen LogP) is 16.2. The van der Waals surface area contributed by atoms with Crippen LogP contribution in [0.5, 0.6) is 0 Å². The molecule has 0 unspecified atom stereocenters. The first-order chi connectivity index (χ1) is 30.5. The van der Waals surface area contributed by atoms with Crippen molar-refractivity contribution in [2.75, 3.05) is 0 Å². The Bertz CT molecular complexity index is 3560. The highest BCUT2D eigenvalue weighted by atomic mass is 15.0. The highest BCUT2D eigenvalue weighted by Gasteiger charge is 2.39. The third-order valence-corrected chi connectivity index (χ3v) is 15.5. The fourth-order valence-corrected chi connectivity index (χ4v) is 11.9. The molecule has 0 saturated heterocycles. The van der Waals surface area contributed by atoms with Crippen LogP contribution in [0, 0.1) is 0 Å². The van der Waals surface area contributed by atoms with Crippen LogP contribution >= 0.6 is 0 Å². The fraction of sp³-hybridized carbons (Fsp3) is 0.230. The van der Waals surface area contributed by atoms with Crippen LogP contribution in [0.25, 0.3) is 110 Å². The molecule has 13 rings (SSSR count). The molecule has 2 aliphatic rings. The zero-order chi connectivity index (χ0) is 44.0. The molecule has 0 fully saturated rings. The predicted molar refractivity (Wildman–Crippen MR) is 271 cm³/mol. The Morgan fingerprint density at radius 1 is 0.375 bits per heavy atom. The molecule has 2 aliphatic carbocycles. The first-order valence-corrected chi connectivity index (χ1v) is 23.0. The summed E-state index contributed by atoms with van der Waals surface area (Å²) in [7, 11) is 0. The van der Waals surface area contributed by atoms with Crippen LogP contribution in [0.2, 0.25) is 0 Å². The highest BCUT2D eigenvalue weighted by Crippen LogP contribution is 2.56. The lowest BCUT2D eigenvalue weighted by atomic mass is 9.79. The monoisotopic (exact) mass is 825 g/mol. The van der Waals surface area contributed by atoms with Crippen LogP contribution < -0.4 is 0 Å². The van der Waals surface area contributed by atoms with Gasteiger partial charge in [0, 0.05) is 22.0 Å². The van der Waals surface area contributed by atoms with E-state index in [1.165, 1.54) is 120 Å². The lowest BCUT2D eigenvalue weighted by Gasteiger charge is -2.24. The summed E-state index contributed by atoms with van der Waals surface area (Å²) in [5, 5.41) is 16.0. The average Bonchev–Trinajstić information content (AvgIpc) is 3.64. The van der Waals surface area contributed by atoms with Gasteiger partial charge in [0.25, 0.3) is 0 Å². The van der Waals surface area contributed by atoms with E-state index in [0.717, 1.165) is 11.1 Å². The van der Waals surface area contributed by atoms with Crippen molar-refractivity contribution < 1.29 is 0 Å². The van der Waals surface area contributed by atoms with Crippen LogP contribution in [-0.2, 0) is 21.7 Å². The molecular formula is C61H51N3. The zero-order valence-corrected chi connectivity index (χ0v) is 38.5. The summed E-state index contributed by atoms with van der Waals surface area (Å²) in [5.74, 6) is 1.38. The fourth-order valence-electron chi connectivity index (χ4n) is 11.9. The first kappa shape index (κ1) is 37.8. The van der Waals surface area contributed by atoms with Gasteiger partial charge in [0.2, 0.25) is 0 Å². The minimum Gasteiger partial charge on any atom is -0.217 e. The van der Waals surface area contributed by atoms with E-state index in [4.69, 9.17) is 15.0 Å². The number of aromatic nitrogens is 3.